The van der Waals surface area contributed by atoms with E-state index in [4.69, 9.17) is 0 Å². The Morgan fingerprint density at radius 2 is 2.07 bits per heavy atom. The second-order valence-corrected chi connectivity index (χ2v) is 8.35. The molecule has 1 aliphatic heterocycles. The van der Waals surface area contributed by atoms with Crippen molar-refractivity contribution in [2.45, 2.75) is 45.7 Å². The van der Waals surface area contributed by atoms with Crippen molar-refractivity contribution >= 4 is 16.8 Å². The molecule has 0 radical (unpaired) electrons. The third-order valence-corrected chi connectivity index (χ3v) is 6.11. The molecule has 1 atom stereocenters. The summed E-state index contributed by atoms with van der Waals surface area (Å²) >= 11 is 0. The van der Waals surface area contributed by atoms with E-state index in [-0.39, 0.29) is 11.8 Å². The fraction of sp³-hybridized carbons (Fsp3) is 0.417. The summed E-state index contributed by atoms with van der Waals surface area (Å²) in [6.07, 6.45) is 3.39. The highest BCUT2D eigenvalue weighted by Crippen LogP contribution is 2.34. The van der Waals surface area contributed by atoms with Crippen LogP contribution in [0.2, 0.25) is 0 Å². The van der Waals surface area contributed by atoms with E-state index in [1.807, 2.05) is 13.1 Å². The predicted molar refractivity (Wildman–Crippen MR) is 117 cm³/mol. The Balaban J connectivity index is 1.81. The van der Waals surface area contributed by atoms with Crippen LogP contribution in [0.1, 0.15) is 40.4 Å². The summed E-state index contributed by atoms with van der Waals surface area (Å²) in [5.41, 5.74) is 7.61. The molecule has 1 aliphatic rings. The molecule has 3 aromatic rings. The molecule has 3 heterocycles. The first-order valence-electron chi connectivity index (χ1n) is 10.4. The van der Waals surface area contributed by atoms with Gasteiger partial charge < -0.3 is 14.8 Å². The van der Waals surface area contributed by atoms with E-state index in [2.05, 4.69) is 64.1 Å². The Hall–Kier alpha value is -2.66. The summed E-state index contributed by atoms with van der Waals surface area (Å²) in [6, 6.07) is 10.9. The highest BCUT2D eigenvalue weighted by Gasteiger charge is 2.25. The van der Waals surface area contributed by atoms with Crippen molar-refractivity contribution in [2.75, 3.05) is 20.6 Å². The molecule has 0 spiro atoms. The number of aryl methyl sites for hydroxylation is 2. The Morgan fingerprint density at radius 3 is 2.83 bits per heavy atom. The molecule has 5 nitrogen and oxygen atoms in total. The number of nitrogens with zero attached hydrogens (tertiary/aromatic N) is 3. The van der Waals surface area contributed by atoms with E-state index in [0.29, 0.717) is 6.42 Å². The first kappa shape index (κ1) is 19.6. The lowest BCUT2D eigenvalue weighted by Gasteiger charge is -2.26. The number of fused-ring (bicyclic) bond motifs is 3. The molecule has 1 unspecified atom stereocenters. The van der Waals surface area contributed by atoms with E-state index in [9.17, 15) is 4.79 Å². The molecule has 1 amide bonds. The summed E-state index contributed by atoms with van der Waals surface area (Å²) in [6.45, 7) is 6.99. The summed E-state index contributed by atoms with van der Waals surface area (Å²) in [4.78, 5) is 19.0. The molecule has 0 saturated carbocycles. The smallest absolute Gasteiger partial charge is 0.220 e. The van der Waals surface area contributed by atoms with Gasteiger partial charge >= 0.3 is 0 Å². The van der Waals surface area contributed by atoms with Gasteiger partial charge in [0, 0.05) is 67.5 Å². The third kappa shape index (κ3) is 3.92. The fourth-order valence-electron chi connectivity index (χ4n) is 4.55. The molecule has 152 valence electrons. The molecule has 0 saturated heterocycles. The van der Waals surface area contributed by atoms with Crippen molar-refractivity contribution < 1.29 is 4.79 Å². The average Bonchev–Trinajstić information content (AvgIpc) is 2.99. The van der Waals surface area contributed by atoms with Gasteiger partial charge in [0.1, 0.15) is 0 Å². The third-order valence-electron chi connectivity index (χ3n) is 6.11. The Kier molecular flexibility index (Phi) is 5.41. The molecule has 5 heteroatoms. The Bertz CT molecular complexity index is 1050. The van der Waals surface area contributed by atoms with E-state index < -0.39 is 0 Å². The predicted octanol–water partition coefficient (Wildman–Crippen LogP) is 3.56. The highest BCUT2D eigenvalue weighted by molar-refractivity contribution is 5.86. The minimum Gasteiger partial charge on any atom is -0.359 e. The van der Waals surface area contributed by atoms with Gasteiger partial charge in [-0.2, -0.15) is 0 Å². The molecule has 29 heavy (non-hydrogen) atoms. The normalized spacial score (nSPS) is 15.3. The number of likely N-dealkylation sites (N-methyl/N-ethyl adjacent to an activating group) is 1. The van der Waals surface area contributed by atoms with Crippen LogP contribution in [0, 0.1) is 13.8 Å². The molecule has 4 rings (SSSR count). The lowest BCUT2D eigenvalue weighted by molar-refractivity contribution is -0.121. The number of hydrogen-bond acceptors (Lipinski definition) is 3. The quantitative estimate of drug-likeness (QED) is 0.725. The zero-order valence-corrected chi connectivity index (χ0v) is 17.8. The van der Waals surface area contributed by atoms with Gasteiger partial charge in [-0.1, -0.05) is 11.6 Å². The van der Waals surface area contributed by atoms with Crippen LogP contribution in [0.15, 0.2) is 36.5 Å². The van der Waals surface area contributed by atoms with Gasteiger partial charge in [-0.05, 0) is 62.7 Å². The topological polar surface area (TPSA) is 50.2 Å². The molecule has 0 aliphatic carbocycles. The number of carbonyl (C=O) groups is 1. The molecule has 0 fully saturated rings. The van der Waals surface area contributed by atoms with Gasteiger partial charge in [0.2, 0.25) is 5.91 Å². The van der Waals surface area contributed by atoms with Crippen LogP contribution in [0.4, 0.5) is 0 Å². The summed E-state index contributed by atoms with van der Waals surface area (Å²) < 4.78 is 2.46. The zero-order valence-electron chi connectivity index (χ0n) is 17.8. The van der Waals surface area contributed by atoms with E-state index in [0.717, 1.165) is 31.7 Å². The lowest BCUT2D eigenvalue weighted by Crippen LogP contribution is -2.29. The van der Waals surface area contributed by atoms with Crippen LogP contribution >= 0.6 is 0 Å². The number of aromatic nitrogens is 2. The molecular formula is C24H30N4O. The second-order valence-electron chi connectivity index (χ2n) is 8.35. The maximum Gasteiger partial charge on any atom is 0.220 e. The number of pyridine rings is 1. The standard InChI is InChI=1S/C24H30N4O/c1-16-5-6-22-21(11-16)20-8-10-27(4)15-23(20)28(22)14-19(13-24(29)25-3)18-7-9-26-17(2)12-18/h5-7,9,11-12,19H,8,10,13-15H2,1-4H3,(H,25,29). The van der Waals surface area contributed by atoms with Crippen LogP contribution in [0.3, 0.4) is 0 Å². The fourth-order valence-corrected chi connectivity index (χ4v) is 4.55. The number of hydrogen-bond donors (Lipinski definition) is 1. The minimum absolute atomic E-state index is 0.0720. The number of amides is 1. The first-order valence-corrected chi connectivity index (χ1v) is 10.4. The van der Waals surface area contributed by atoms with Crippen LogP contribution in [-0.4, -0.2) is 41.0 Å². The van der Waals surface area contributed by atoms with Crippen molar-refractivity contribution in [1.82, 2.24) is 19.8 Å². The van der Waals surface area contributed by atoms with Crippen molar-refractivity contribution in [3.63, 3.8) is 0 Å². The van der Waals surface area contributed by atoms with Gasteiger partial charge in [0.25, 0.3) is 0 Å². The van der Waals surface area contributed by atoms with Crippen LogP contribution in [0.25, 0.3) is 10.9 Å². The van der Waals surface area contributed by atoms with Crippen LogP contribution in [-0.2, 0) is 24.3 Å². The second kappa shape index (κ2) is 7.99. The maximum atomic E-state index is 12.3. The first-order chi connectivity index (χ1) is 14.0. The molecule has 0 bridgehead atoms. The van der Waals surface area contributed by atoms with E-state index in [1.165, 1.54) is 33.3 Å². The SMILES string of the molecule is CNC(=O)CC(Cn1c2c(c3cc(C)ccc31)CCN(C)C2)c1ccnc(C)c1. The van der Waals surface area contributed by atoms with Crippen LogP contribution < -0.4 is 5.32 Å². The zero-order chi connectivity index (χ0) is 20.5. The van der Waals surface area contributed by atoms with Crippen molar-refractivity contribution in [3.8, 4) is 0 Å². The van der Waals surface area contributed by atoms with Crippen molar-refractivity contribution in [2.24, 2.45) is 0 Å². The lowest BCUT2D eigenvalue weighted by atomic mass is 9.95. The van der Waals surface area contributed by atoms with Gasteiger partial charge in [0.15, 0.2) is 0 Å². The summed E-state index contributed by atoms with van der Waals surface area (Å²) in [5, 5.41) is 4.17. The molecule has 1 aromatic carbocycles. The molecular weight excluding hydrogens is 360 g/mol. The van der Waals surface area contributed by atoms with Gasteiger partial charge in [-0.3, -0.25) is 9.78 Å². The largest absolute Gasteiger partial charge is 0.359 e. The van der Waals surface area contributed by atoms with Gasteiger partial charge in [-0.15, -0.1) is 0 Å². The van der Waals surface area contributed by atoms with Crippen LogP contribution in [0.5, 0.6) is 0 Å². The highest BCUT2D eigenvalue weighted by atomic mass is 16.1. The molecule has 2 aromatic heterocycles. The van der Waals surface area contributed by atoms with Gasteiger partial charge in [0.05, 0.1) is 0 Å². The number of rotatable bonds is 5. The maximum absolute atomic E-state index is 12.3. The minimum atomic E-state index is 0.0720. The van der Waals surface area contributed by atoms with Gasteiger partial charge in [-0.25, -0.2) is 0 Å². The van der Waals surface area contributed by atoms with Crippen molar-refractivity contribution in [3.05, 3.63) is 64.6 Å². The molecule has 1 N–H and O–H groups in total. The van der Waals surface area contributed by atoms with E-state index in [1.54, 1.807) is 7.05 Å². The van der Waals surface area contributed by atoms with E-state index >= 15 is 0 Å². The summed E-state index contributed by atoms with van der Waals surface area (Å²) in [7, 11) is 3.90. The Labute approximate surface area is 172 Å². The average molecular weight is 391 g/mol. The van der Waals surface area contributed by atoms with Crippen molar-refractivity contribution in [1.29, 1.82) is 0 Å². The Morgan fingerprint density at radius 1 is 1.24 bits per heavy atom. The summed E-state index contributed by atoms with van der Waals surface area (Å²) in [5.74, 6) is 0.174. The number of nitrogens with one attached hydrogen (secondary N) is 1. The number of benzene rings is 1. The monoisotopic (exact) mass is 390 g/mol. The number of carbonyl (C=O) groups excluding carboxylic acids is 1.